The lowest BCUT2D eigenvalue weighted by molar-refractivity contribution is 0.0702. The van der Waals surface area contributed by atoms with E-state index in [9.17, 15) is 4.79 Å². The van der Waals surface area contributed by atoms with Gasteiger partial charge in [-0.25, -0.2) is 4.79 Å². The maximum absolute atomic E-state index is 11.0. The van der Waals surface area contributed by atoms with Crippen LogP contribution in [-0.4, -0.2) is 15.6 Å². The molecule has 0 bridgehead atoms. The van der Waals surface area contributed by atoms with Crippen LogP contribution in [0.2, 0.25) is 0 Å². The predicted molar refractivity (Wildman–Crippen MR) is 112 cm³/mol. The standard InChI is InChI=1S/C23H27NO2S/c1-2-3-4-7-18-11-13-20(14-12-18)24-17-6-9-19(24)8-5-10-21-15-16-22(27-21)23(25)26/h6,9,11-17H,2-5,7-8,10H2,1H3,(H,25,26). The maximum atomic E-state index is 11.0. The average Bonchev–Trinajstić information content (AvgIpc) is 3.32. The second-order valence-corrected chi connectivity index (χ2v) is 8.09. The van der Waals surface area contributed by atoms with Crippen LogP contribution >= 0.6 is 11.3 Å². The second-order valence-electron chi connectivity index (χ2n) is 6.92. The van der Waals surface area contributed by atoms with Gasteiger partial charge in [0.25, 0.3) is 0 Å². The van der Waals surface area contributed by atoms with Gasteiger partial charge >= 0.3 is 5.97 Å². The number of aromatic carboxylic acids is 1. The number of rotatable bonds is 10. The number of thiophene rings is 1. The summed E-state index contributed by atoms with van der Waals surface area (Å²) in [4.78, 5) is 12.5. The van der Waals surface area contributed by atoms with Gasteiger partial charge in [0.2, 0.25) is 0 Å². The van der Waals surface area contributed by atoms with Crippen LogP contribution in [0.4, 0.5) is 0 Å². The van der Waals surface area contributed by atoms with E-state index < -0.39 is 5.97 Å². The van der Waals surface area contributed by atoms with E-state index in [4.69, 9.17) is 5.11 Å². The van der Waals surface area contributed by atoms with Crippen LogP contribution in [0.25, 0.3) is 5.69 Å². The molecule has 142 valence electrons. The number of benzene rings is 1. The van der Waals surface area contributed by atoms with Gasteiger partial charge in [-0.2, -0.15) is 0 Å². The first-order valence-corrected chi connectivity index (χ1v) is 10.6. The Morgan fingerprint density at radius 2 is 1.78 bits per heavy atom. The first kappa shape index (κ1) is 19.4. The Morgan fingerprint density at radius 1 is 0.963 bits per heavy atom. The van der Waals surface area contributed by atoms with Crippen LogP contribution in [0.1, 0.15) is 58.4 Å². The molecule has 4 heteroatoms. The Bertz CT molecular complexity index is 861. The second kappa shape index (κ2) is 9.56. The number of aryl methyl sites for hydroxylation is 3. The van der Waals surface area contributed by atoms with Gasteiger partial charge in [0.1, 0.15) is 4.88 Å². The molecule has 2 aromatic heterocycles. The molecule has 3 nitrogen and oxygen atoms in total. The smallest absolute Gasteiger partial charge is 0.345 e. The maximum Gasteiger partial charge on any atom is 0.345 e. The van der Waals surface area contributed by atoms with Gasteiger partial charge in [0.05, 0.1) is 0 Å². The fourth-order valence-corrected chi connectivity index (χ4v) is 4.23. The van der Waals surface area contributed by atoms with Crippen LogP contribution in [0.5, 0.6) is 0 Å². The molecule has 0 aliphatic heterocycles. The third-order valence-corrected chi connectivity index (χ3v) is 5.98. The molecule has 0 amide bonds. The Balaban J connectivity index is 1.57. The largest absolute Gasteiger partial charge is 0.477 e. The van der Waals surface area contributed by atoms with E-state index in [1.807, 2.05) is 6.07 Å². The van der Waals surface area contributed by atoms with E-state index in [1.54, 1.807) is 6.07 Å². The van der Waals surface area contributed by atoms with Crippen molar-refractivity contribution in [2.45, 2.75) is 51.9 Å². The molecule has 3 rings (SSSR count). The highest BCUT2D eigenvalue weighted by molar-refractivity contribution is 7.13. The summed E-state index contributed by atoms with van der Waals surface area (Å²) in [6.07, 6.45) is 10.00. The highest BCUT2D eigenvalue weighted by atomic mass is 32.1. The Kier molecular flexibility index (Phi) is 6.88. The molecular weight excluding hydrogens is 354 g/mol. The zero-order chi connectivity index (χ0) is 19.1. The first-order valence-electron chi connectivity index (χ1n) is 9.75. The van der Waals surface area contributed by atoms with Gasteiger partial charge in [0.15, 0.2) is 0 Å². The number of unbranched alkanes of at least 4 members (excludes halogenated alkanes) is 2. The van der Waals surface area contributed by atoms with E-state index in [0.29, 0.717) is 4.88 Å². The number of nitrogens with zero attached hydrogens (tertiary/aromatic N) is 1. The molecule has 1 N–H and O–H groups in total. The number of hydrogen-bond acceptors (Lipinski definition) is 2. The Hall–Kier alpha value is -2.33. The van der Waals surface area contributed by atoms with Crippen molar-refractivity contribution < 1.29 is 9.90 Å². The van der Waals surface area contributed by atoms with E-state index in [2.05, 4.69) is 54.1 Å². The Labute approximate surface area is 165 Å². The average molecular weight is 382 g/mol. The third kappa shape index (κ3) is 5.33. The lowest BCUT2D eigenvalue weighted by Gasteiger charge is -2.10. The molecule has 0 aliphatic rings. The van der Waals surface area contributed by atoms with Gasteiger partial charge < -0.3 is 9.67 Å². The number of aromatic nitrogens is 1. The molecule has 1 aromatic carbocycles. The molecule has 3 aromatic rings. The van der Waals surface area contributed by atoms with Gasteiger partial charge in [-0.1, -0.05) is 31.9 Å². The quantitative estimate of drug-likeness (QED) is 0.428. The van der Waals surface area contributed by atoms with Crippen LogP contribution in [0, 0.1) is 0 Å². The summed E-state index contributed by atoms with van der Waals surface area (Å²) in [7, 11) is 0. The van der Waals surface area contributed by atoms with Crippen molar-refractivity contribution >= 4 is 17.3 Å². The van der Waals surface area contributed by atoms with E-state index in [0.717, 1.165) is 30.6 Å². The Morgan fingerprint density at radius 3 is 2.48 bits per heavy atom. The molecule has 0 saturated carbocycles. The molecule has 2 heterocycles. The van der Waals surface area contributed by atoms with E-state index in [-0.39, 0.29) is 0 Å². The molecule has 0 radical (unpaired) electrons. The van der Waals surface area contributed by atoms with Crippen molar-refractivity contribution in [3.05, 3.63) is 75.7 Å². The van der Waals surface area contributed by atoms with Gasteiger partial charge in [-0.3, -0.25) is 0 Å². The fourth-order valence-electron chi connectivity index (χ4n) is 3.35. The first-order chi connectivity index (χ1) is 13.2. The van der Waals surface area contributed by atoms with Gasteiger partial charge in [-0.15, -0.1) is 11.3 Å². The normalized spacial score (nSPS) is 11.0. The summed E-state index contributed by atoms with van der Waals surface area (Å²) < 4.78 is 2.26. The lowest BCUT2D eigenvalue weighted by Crippen LogP contribution is -2.00. The van der Waals surface area contributed by atoms with Crippen molar-refractivity contribution in [2.75, 3.05) is 0 Å². The molecule has 0 saturated heterocycles. The highest BCUT2D eigenvalue weighted by Gasteiger charge is 2.08. The number of hydrogen-bond donors (Lipinski definition) is 1. The summed E-state index contributed by atoms with van der Waals surface area (Å²) in [5.74, 6) is -0.835. The lowest BCUT2D eigenvalue weighted by atomic mass is 10.1. The zero-order valence-corrected chi connectivity index (χ0v) is 16.7. The zero-order valence-electron chi connectivity index (χ0n) is 15.9. The van der Waals surface area contributed by atoms with Crippen LogP contribution in [-0.2, 0) is 19.3 Å². The number of carbonyl (C=O) groups is 1. The summed E-state index contributed by atoms with van der Waals surface area (Å²) in [5.41, 5.74) is 3.91. The summed E-state index contributed by atoms with van der Waals surface area (Å²) >= 11 is 1.38. The molecule has 0 fully saturated rings. The van der Waals surface area contributed by atoms with Crippen molar-refractivity contribution in [1.82, 2.24) is 4.57 Å². The minimum atomic E-state index is -0.835. The number of carboxylic acids is 1. The number of carboxylic acid groups (broad SMARTS) is 1. The van der Waals surface area contributed by atoms with E-state index >= 15 is 0 Å². The molecule has 0 spiro atoms. The third-order valence-electron chi connectivity index (χ3n) is 4.85. The van der Waals surface area contributed by atoms with Crippen molar-refractivity contribution in [2.24, 2.45) is 0 Å². The molecular formula is C23H27NO2S. The van der Waals surface area contributed by atoms with Crippen LogP contribution in [0.15, 0.2) is 54.7 Å². The van der Waals surface area contributed by atoms with Gasteiger partial charge in [-0.05, 0) is 74.1 Å². The predicted octanol–water partition coefficient (Wildman–Crippen LogP) is 6.15. The summed E-state index contributed by atoms with van der Waals surface area (Å²) in [6.45, 7) is 2.24. The van der Waals surface area contributed by atoms with Crippen molar-refractivity contribution in [3.63, 3.8) is 0 Å². The minimum Gasteiger partial charge on any atom is -0.477 e. The molecule has 27 heavy (non-hydrogen) atoms. The summed E-state index contributed by atoms with van der Waals surface area (Å²) in [6, 6.07) is 16.8. The summed E-state index contributed by atoms with van der Waals surface area (Å²) in [5, 5.41) is 9.02. The van der Waals surface area contributed by atoms with Crippen LogP contribution in [0.3, 0.4) is 0 Å². The SMILES string of the molecule is CCCCCc1ccc(-n2cccc2CCCc2ccc(C(=O)O)s2)cc1. The van der Waals surface area contributed by atoms with Gasteiger partial charge in [0, 0.05) is 22.5 Å². The van der Waals surface area contributed by atoms with Crippen LogP contribution < -0.4 is 0 Å². The monoisotopic (exact) mass is 381 g/mol. The fraction of sp³-hybridized carbons (Fsp3) is 0.348. The molecule has 0 aliphatic carbocycles. The molecule has 0 unspecified atom stereocenters. The topological polar surface area (TPSA) is 42.2 Å². The highest BCUT2D eigenvalue weighted by Crippen LogP contribution is 2.20. The van der Waals surface area contributed by atoms with Crippen molar-refractivity contribution in [1.29, 1.82) is 0 Å². The van der Waals surface area contributed by atoms with E-state index in [1.165, 1.54) is 47.5 Å². The van der Waals surface area contributed by atoms with Crippen molar-refractivity contribution in [3.8, 4) is 5.69 Å². The minimum absolute atomic E-state index is 0.424. The molecule has 0 atom stereocenters.